The number of nitrogens with zero attached hydrogens (tertiary/aromatic N) is 2. The Morgan fingerprint density at radius 3 is 2.46 bits per heavy atom. The van der Waals surface area contributed by atoms with Gasteiger partial charge in [0.2, 0.25) is 0 Å². The normalized spacial score (nSPS) is 17.0. The Kier molecular flexibility index (Phi) is 4.66. The molecule has 4 nitrogen and oxygen atoms in total. The van der Waals surface area contributed by atoms with Crippen molar-refractivity contribution in [3.8, 4) is 0 Å². The lowest BCUT2D eigenvalue weighted by molar-refractivity contribution is 0.110. The minimum atomic E-state index is -0.511. The maximum absolute atomic E-state index is 13.1. The van der Waals surface area contributed by atoms with Gasteiger partial charge >= 0.3 is 0 Å². The van der Waals surface area contributed by atoms with Crippen molar-refractivity contribution in [1.82, 2.24) is 9.88 Å². The number of aryl methyl sites for hydroxylation is 1. The quantitative estimate of drug-likeness (QED) is 0.755. The van der Waals surface area contributed by atoms with E-state index in [1.807, 2.05) is 37.3 Å². The molecule has 2 aromatic carbocycles. The molecule has 5 heteroatoms. The highest BCUT2D eigenvalue weighted by Crippen LogP contribution is 2.28. The average molecular weight is 353 g/mol. The molecule has 26 heavy (non-hydrogen) atoms. The first-order chi connectivity index (χ1) is 12.6. The first-order valence-electron chi connectivity index (χ1n) is 9.10. The number of H-pyrrole nitrogens is 1. The fourth-order valence-corrected chi connectivity index (χ4v) is 3.90. The molecule has 0 radical (unpaired) electrons. The lowest BCUT2D eigenvalue weighted by Gasteiger charge is -2.37. The van der Waals surface area contributed by atoms with Gasteiger partial charge in [-0.2, -0.15) is 0 Å². The number of aliphatic hydroxyl groups excluding tert-OH is 1. The zero-order valence-electron chi connectivity index (χ0n) is 15.0. The topological polar surface area (TPSA) is 42.5 Å². The number of halogens is 1. The summed E-state index contributed by atoms with van der Waals surface area (Å²) in [7, 11) is 0. The second kappa shape index (κ2) is 7.09. The van der Waals surface area contributed by atoms with Gasteiger partial charge in [-0.05, 0) is 37.3 Å². The predicted molar refractivity (Wildman–Crippen MR) is 103 cm³/mol. The van der Waals surface area contributed by atoms with Gasteiger partial charge < -0.3 is 15.0 Å². The number of hydrogen-bond donors (Lipinski definition) is 2. The molecule has 1 atom stereocenters. The Bertz CT molecular complexity index is 882. The second-order valence-electron chi connectivity index (χ2n) is 6.99. The third-order valence-corrected chi connectivity index (χ3v) is 5.27. The number of benzene rings is 2. The number of para-hydroxylation sites is 1. The Labute approximate surface area is 152 Å². The molecule has 4 rings (SSSR count). The van der Waals surface area contributed by atoms with Crippen LogP contribution in [0.5, 0.6) is 0 Å². The van der Waals surface area contributed by atoms with Crippen LogP contribution in [0, 0.1) is 12.7 Å². The van der Waals surface area contributed by atoms with Crippen molar-refractivity contribution in [2.75, 3.05) is 37.6 Å². The highest BCUT2D eigenvalue weighted by atomic mass is 19.1. The maximum Gasteiger partial charge on any atom is 0.123 e. The third-order valence-electron chi connectivity index (χ3n) is 5.27. The Morgan fingerprint density at radius 2 is 1.73 bits per heavy atom. The molecule has 0 bridgehead atoms. The average Bonchev–Trinajstić information content (AvgIpc) is 2.99. The summed E-state index contributed by atoms with van der Waals surface area (Å²) in [5, 5.41) is 11.9. The number of hydrogen-bond acceptors (Lipinski definition) is 3. The molecule has 2 N–H and O–H groups in total. The van der Waals surface area contributed by atoms with E-state index in [1.165, 1.54) is 12.1 Å². The number of aromatic nitrogens is 1. The first kappa shape index (κ1) is 17.1. The van der Waals surface area contributed by atoms with Gasteiger partial charge in [-0.25, -0.2) is 4.39 Å². The molecule has 1 saturated heterocycles. The van der Waals surface area contributed by atoms with E-state index in [4.69, 9.17) is 0 Å². The SMILES string of the molecule is Cc1[nH]c2ccccc2c1[C@@H](O)CN1CCN(c2ccc(F)cc2)CC1. The van der Waals surface area contributed by atoms with E-state index in [-0.39, 0.29) is 5.82 Å². The second-order valence-corrected chi connectivity index (χ2v) is 6.99. The zero-order valence-corrected chi connectivity index (χ0v) is 15.0. The fourth-order valence-electron chi connectivity index (χ4n) is 3.90. The summed E-state index contributed by atoms with van der Waals surface area (Å²) in [5.74, 6) is -0.204. The van der Waals surface area contributed by atoms with Gasteiger partial charge in [0.1, 0.15) is 5.82 Å². The lowest BCUT2D eigenvalue weighted by atomic mass is 10.0. The van der Waals surface area contributed by atoms with Crippen molar-refractivity contribution < 1.29 is 9.50 Å². The largest absolute Gasteiger partial charge is 0.387 e. The van der Waals surface area contributed by atoms with Crippen LogP contribution in [0.15, 0.2) is 48.5 Å². The van der Waals surface area contributed by atoms with E-state index in [1.54, 1.807) is 0 Å². The third kappa shape index (κ3) is 3.32. The van der Waals surface area contributed by atoms with E-state index < -0.39 is 6.10 Å². The van der Waals surface area contributed by atoms with Crippen molar-refractivity contribution in [3.63, 3.8) is 0 Å². The van der Waals surface area contributed by atoms with Crippen LogP contribution in [-0.4, -0.2) is 47.7 Å². The monoisotopic (exact) mass is 353 g/mol. The molecule has 1 fully saturated rings. The Balaban J connectivity index is 1.41. The number of fused-ring (bicyclic) bond motifs is 1. The fraction of sp³-hybridized carbons (Fsp3) is 0.333. The van der Waals surface area contributed by atoms with Gasteiger partial charge in [-0.3, -0.25) is 4.90 Å². The molecule has 1 aromatic heterocycles. The standard InChI is InChI=1S/C21H24FN3O/c1-15-21(18-4-2-3-5-19(18)23-15)20(26)14-24-10-12-25(13-11-24)17-8-6-16(22)7-9-17/h2-9,20,23,26H,10-14H2,1H3/t20-/m0/s1. The number of anilines is 1. The number of rotatable bonds is 4. The number of aromatic amines is 1. The first-order valence-corrected chi connectivity index (χ1v) is 9.10. The van der Waals surface area contributed by atoms with Crippen molar-refractivity contribution in [2.24, 2.45) is 0 Å². The minimum Gasteiger partial charge on any atom is -0.387 e. The molecule has 0 spiro atoms. The van der Waals surface area contributed by atoms with Crippen LogP contribution < -0.4 is 4.90 Å². The summed E-state index contributed by atoms with van der Waals surface area (Å²) >= 11 is 0. The lowest BCUT2D eigenvalue weighted by Crippen LogP contribution is -2.47. The van der Waals surface area contributed by atoms with E-state index in [2.05, 4.69) is 20.9 Å². The Hall–Kier alpha value is -2.37. The minimum absolute atomic E-state index is 0.204. The summed E-state index contributed by atoms with van der Waals surface area (Å²) in [6.07, 6.45) is -0.511. The smallest absolute Gasteiger partial charge is 0.123 e. The van der Waals surface area contributed by atoms with E-state index in [0.29, 0.717) is 6.54 Å². The molecule has 1 aliphatic rings. The van der Waals surface area contributed by atoms with Crippen LogP contribution in [0.4, 0.5) is 10.1 Å². The maximum atomic E-state index is 13.1. The molecular weight excluding hydrogens is 329 g/mol. The van der Waals surface area contributed by atoms with Crippen LogP contribution in [0.2, 0.25) is 0 Å². The highest BCUT2D eigenvalue weighted by molar-refractivity contribution is 5.84. The summed E-state index contributed by atoms with van der Waals surface area (Å²) in [6, 6.07) is 14.8. The molecule has 2 heterocycles. The number of piperazine rings is 1. The molecule has 1 aliphatic heterocycles. The van der Waals surface area contributed by atoms with E-state index in [0.717, 1.165) is 54.0 Å². The van der Waals surface area contributed by atoms with Gasteiger partial charge in [0, 0.05) is 60.6 Å². The summed E-state index contributed by atoms with van der Waals surface area (Å²) in [6.45, 7) is 6.17. The van der Waals surface area contributed by atoms with Crippen LogP contribution in [0.1, 0.15) is 17.4 Å². The molecule has 0 aliphatic carbocycles. The molecule has 0 saturated carbocycles. The van der Waals surface area contributed by atoms with Crippen LogP contribution >= 0.6 is 0 Å². The Morgan fingerprint density at radius 1 is 1.04 bits per heavy atom. The summed E-state index contributed by atoms with van der Waals surface area (Å²) < 4.78 is 13.1. The number of β-amino-alcohol motifs (C(OH)–C–C–N with tert-alkyl or cyclic N) is 1. The van der Waals surface area contributed by atoms with Gasteiger partial charge in [0.05, 0.1) is 6.10 Å². The molecule has 136 valence electrons. The zero-order chi connectivity index (χ0) is 18.1. The van der Waals surface area contributed by atoms with Crippen molar-refractivity contribution in [3.05, 3.63) is 65.6 Å². The number of aliphatic hydroxyl groups is 1. The highest BCUT2D eigenvalue weighted by Gasteiger charge is 2.23. The van der Waals surface area contributed by atoms with Gasteiger partial charge in [0.15, 0.2) is 0 Å². The van der Waals surface area contributed by atoms with Crippen LogP contribution in [0.25, 0.3) is 10.9 Å². The van der Waals surface area contributed by atoms with Crippen LogP contribution in [-0.2, 0) is 0 Å². The van der Waals surface area contributed by atoms with Gasteiger partial charge in [-0.15, -0.1) is 0 Å². The molecular formula is C21H24FN3O. The number of nitrogens with one attached hydrogen (secondary N) is 1. The van der Waals surface area contributed by atoms with Crippen molar-refractivity contribution >= 4 is 16.6 Å². The summed E-state index contributed by atoms with van der Waals surface area (Å²) in [4.78, 5) is 7.92. The summed E-state index contributed by atoms with van der Waals surface area (Å²) in [5.41, 5.74) is 4.16. The van der Waals surface area contributed by atoms with Gasteiger partial charge in [0.25, 0.3) is 0 Å². The van der Waals surface area contributed by atoms with E-state index >= 15 is 0 Å². The molecule has 3 aromatic rings. The predicted octanol–water partition coefficient (Wildman–Crippen LogP) is 3.47. The molecule has 0 unspecified atom stereocenters. The van der Waals surface area contributed by atoms with Crippen molar-refractivity contribution in [1.29, 1.82) is 0 Å². The van der Waals surface area contributed by atoms with Crippen LogP contribution in [0.3, 0.4) is 0 Å². The van der Waals surface area contributed by atoms with E-state index in [9.17, 15) is 9.50 Å². The van der Waals surface area contributed by atoms with Crippen molar-refractivity contribution in [2.45, 2.75) is 13.0 Å². The van der Waals surface area contributed by atoms with Gasteiger partial charge in [-0.1, -0.05) is 18.2 Å². The molecule has 0 amide bonds.